The highest BCUT2D eigenvalue weighted by Crippen LogP contribution is 2.28. The lowest BCUT2D eigenvalue weighted by Gasteiger charge is -2.14. The van der Waals surface area contributed by atoms with Crippen LogP contribution < -0.4 is 15.2 Å². The summed E-state index contributed by atoms with van der Waals surface area (Å²) in [5, 5.41) is 1.00. The van der Waals surface area contributed by atoms with E-state index in [-0.39, 0.29) is 11.3 Å². The number of carbonyl (C=O) groups is 2. The van der Waals surface area contributed by atoms with E-state index >= 15 is 0 Å². The summed E-state index contributed by atoms with van der Waals surface area (Å²) in [6.07, 6.45) is 4.40. The van der Waals surface area contributed by atoms with Crippen LogP contribution in [0.3, 0.4) is 0 Å². The minimum absolute atomic E-state index is 0.107. The molecular formula is C23H15FN4O4S. The first-order valence-electron chi connectivity index (χ1n) is 9.72. The van der Waals surface area contributed by atoms with E-state index in [1.54, 1.807) is 18.3 Å². The standard InChI is InChI=1S/C23H15FN4O4S/c24-15-2-1-3-16(12-15)28-22(30)19(21(29)26-28)13-17-6-9-20(32-17)14-4-7-18(8-5-14)33-27-23-25-10-11-31-23/h1-13H,(H,25,27)(H,26,29)/b19-13-. The number of oxazole rings is 1. The number of anilines is 2. The Morgan fingerprint density at radius 1 is 1.09 bits per heavy atom. The van der Waals surface area contributed by atoms with Gasteiger partial charge >= 0.3 is 6.01 Å². The van der Waals surface area contributed by atoms with Gasteiger partial charge < -0.3 is 8.83 Å². The first-order valence-corrected chi connectivity index (χ1v) is 10.5. The van der Waals surface area contributed by atoms with E-state index in [2.05, 4.69) is 15.1 Å². The molecule has 10 heteroatoms. The maximum Gasteiger partial charge on any atom is 0.305 e. The zero-order chi connectivity index (χ0) is 22.8. The molecule has 1 aliphatic rings. The first kappa shape index (κ1) is 20.6. The summed E-state index contributed by atoms with van der Waals surface area (Å²) in [5.74, 6) is -0.786. The second-order valence-corrected chi connectivity index (χ2v) is 7.77. The van der Waals surface area contributed by atoms with Crippen LogP contribution in [-0.4, -0.2) is 16.8 Å². The summed E-state index contributed by atoms with van der Waals surface area (Å²) in [7, 11) is 0. The SMILES string of the molecule is O=C1NN(c2cccc(F)c2)C(=O)/C1=C\c1ccc(-c2ccc(SNc3ncco3)cc2)o1. The number of halogens is 1. The van der Waals surface area contributed by atoms with Gasteiger partial charge in [0.1, 0.15) is 29.2 Å². The van der Waals surface area contributed by atoms with Crippen LogP contribution in [-0.2, 0) is 9.59 Å². The van der Waals surface area contributed by atoms with Crippen molar-refractivity contribution in [3.05, 3.63) is 90.3 Å². The molecule has 0 unspecified atom stereocenters. The molecule has 1 saturated heterocycles. The highest BCUT2D eigenvalue weighted by molar-refractivity contribution is 8.00. The summed E-state index contributed by atoms with van der Waals surface area (Å²) in [5.41, 5.74) is 3.38. The molecule has 1 fully saturated rings. The van der Waals surface area contributed by atoms with Crippen molar-refractivity contribution in [3.8, 4) is 11.3 Å². The van der Waals surface area contributed by atoms with Gasteiger partial charge in [-0.15, -0.1) is 0 Å². The Kier molecular flexibility index (Phi) is 5.41. The topological polar surface area (TPSA) is 101 Å². The van der Waals surface area contributed by atoms with Gasteiger partial charge in [-0.25, -0.2) is 14.4 Å². The molecular weight excluding hydrogens is 447 g/mol. The van der Waals surface area contributed by atoms with Crippen LogP contribution in [0.2, 0.25) is 0 Å². The third-order valence-electron chi connectivity index (χ3n) is 4.70. The van der Waals surface area contributed by atoms with Crippen molar-refractivity contribution < 1.29 is 22.8 Å². The Hall–Kier alpha value is -4.31. The molecule has 5 rings (SSSR count). The predicted molar refractivity (Wildman–Crippen MR) is 120 cm³/mol. The van der Waals surface area contributed by atoms with Crippen molar-refractivity contribution in [1.29, 1.82) is 0 Å². The third-order valence-corrected chi connectivity index (χ3v) is 5.48. The van der Waals surface area contributed by atoms with Crippen LogP contribution in [0.4, 0.5) is 16.1 Å². The largest absolute Gasteiger partial charge is 0.457 e. The number of nitrogens with one attached hydrogen (secondary N) is 2. The van der Waals surface area contributed by atoms with Crippen LogP contribution in [0.1, 0.15) is 5.76 Å². The smallest absolute Gasteiger partial charge is 0.305 e. The van der Waals surface area contributed by atoms with Gasteiger partial charge in [0.05, 0.1) is 11.9 Å². The molecule has 0 spiro atoms. The lowest BCUT2D eigenvalue weighted by molar-refractivity contribution is -0.117. The molecule has 2 N–H and O–H groups in total. The molecule has 4 aromatic rings. The summed E-state index contributed by atoms with van der Waals surface area (Å²) in [6, 6.07) is 16.8. The van der Waals surface area contributed by atoms with Gasteiger partial charge in [-0.3, -0.25) is 19.7 Å². The van der Waals surface area contributed by atoms with Gasteiger partial charge in [0.15, 0.2) is 0 Å². The van der Waals surface area contributed by atoms with Crippen molar-refractivity contribution in [2.24, 2.45) is 0 Å². The van der Waals surface area contributed by atoms with Gasteiger partial charge in [-0.1, -0.05) is 18.2 Å². The monoisotopic (exact) mass is 462 g/mol. The van der Waals surface area contributed by atoms with E-state index in [1.165, 1.54) is 42.5 Å². The van der Waals surface area contributed by atoms with Gasteiger partial charge in [0, 0.05) is 10.5 Å². The molecule has 0 saturated carbocycles. The van der Waals surface area contributed by atoms with E-state index in [0.29, 0.717) is 17.5 Å². The van der Waals surface area contributed by atoms with Crippen LogP contribution >= 0.6 is 11.9 Å². The lowest BCUT2D eigenvalue weighted by Crippen LogP contribution is -2.35. The molecule has 2 amide bonds. The average Bonchev–Trinajstić information content (AvgIpc) is 3.56. The zero-order valence-electron chi connectivity index (χ0n) is 16.8. The predicted octanol–water partition coefficient (Wildman–Crippen LogP) is 4.65. The van der Waals surface area contributed by atoms with E-state index in [1.807, 2.05) is 24.3 Å². The molecule has 8 nitrogen and oxygen atoms in total. The van der Waals surface area contributed by atoms with Crippen molar-refractivity contribution in [3.63, 3.8) is 0 Å². The molecule has 164 valence electrons. The zero-order valence-corrected chi connectivity index (χ0v) is 17.6. The molecule has 1 aliphatic heterocycles. The fourth-order valence-electron chi connectivity index (χ4n) is 3.15. The quantitative estimate of drug-likeness (QED) is 0.244. The van der Waals surface area contributed by atoms with E-state index in [0.717, 1.165) is 21.5 Å². The average molecular weight is 462 g/mol. The Morgan fingerprint density at radius 3 is 2.70 bits per heavy atom. The molecule has 0 atom stereocenters. The molecule has 3 heterocycles. The van der Waals surface area contributed by atoms with E-state index in [4.69, 9.17) is 8.83 Å². The Morgan fingerprint density at radius 2 is 1.94 bits per heavy atom. The van der Waals surface area contributed by atoms with Gasteiger partial charge in [-0.05, 0) is 60.5 Å². The Bertz CT molecular complexity index is 1350. The number of amides is 2. The lowest BCUT2D eigenvalue weighted by atomic mass is 10.2. The highest BCUT2D eigenvalue weighted by Gasteiger charge is 2.34. The minimum atomic E-state index is -0.595. The number of hydrazine groups is 1. The molecule has 2 aromatic heterocycles. The van der Waals surface area contributed by atoms with Crippen molar-refractivity contribution in [2.45, 2.75) is 4.90 Å². The number of nitrogens with zero attached hydrogens (tertiary/aromatic N) is 2. The van der Waals surface area contributed by atoms with Crippen molar-refractivity contribution >= 4 is 41.5 Å². The number of hydrogen-bond acceptors (Lipinski definition) is 7. The molecule has 0 bridgehead atoms. The molecule has 2 aromatic carbocycles. The van der Waals surface area contributed by atoms with Crippen molar-refractivity contribution in [1.82, 2.24) is 10.4 Å². The number of hydrogen-bond donors (Lipinski definition) is 2. The third kappa shape index (κ3) is 4.37. The number of benzene rings is 2. The van der Waals surface area contributed by atoms with Crippen molar-refractivity contribution in [2.75, 3.05) is 9.73 Å². The van der Waals surface area contributed by atoms with Gasteiger partial charge in [-0.2, -0.15) is 0 Å². The summed E-state index contributed by atoms with van der Waals surface area (Å²) in [6.45, 7) is 0. The number of rotatable bonds is 6. The number of aromatic nitrogens is 1. The summed E-state index contributed by atoms with van der Waals surface area (Å²) >= 11 is 1.35. The van der Waals surface area contributed by atoms with Gasteiger partial charge in [0.25, 0.3) is 11.8 Å². The number of carbonyl (C=O) groups excluding carboxylic acids is 2. The summed E-state index contributed by atoms with van der Waals surface area (Å²) < 4.78 is 27.4. The highest BCUT2D eigenvalue weighted by atomic mass is 32.2. The summed E-state index contributed by atoms with van der Waals surface area (Å²) in [4.78, 5) is 29.9. The number of furan rings is 1. The molecule has 0 aliphatic carbocycles. The Balaban J connectivity index is 1.30. The minimum Gasteiger partial charge on any atom is -0.457 e. The van der Waals surface area contributed by atoms with Crippen LogP contribution in [0.25, 0.3) is 17.4 Å². The van der Waals surface area contributed by atoms with Gasteiger partial charge in [0.2, 0.25) is 0 Å². The van der Waals surface area contributed by atoms with E-state index in [9.17, 15) is 14.0 Å². The maximum absolute atomic E-state index is 13.5. The van der Waals surface area contributed by atoms with Crippen LogP contribution in [0, 0.1) is 5.82 Å². The fourth-order valence-corrected chi connectivity index (χ4v) is 3.72. The molecule has 33 heavy (non-hydrogen) atoms. The van der Waals surface area contributed by atoms with Crippen LogP contribution in [0.15, 0.2) is 92.4 Å². The van der Waals surface area contributed by atoms with E-state index < -0.39 is 17.6 Å². The normalized spacial score (nSPS) is 14.7. The molecule has 0 radical (unpaired) electrons. The fraction of sp³-hybridized carbons (Fsp3) is 0. The first-order chi connectivity index (χ1) is 16.1. The van der Waals surface area contributed by atoms with Crippen LogP contribution in [0.5, 0.6) is 0 Å². The second kappa shape index (κ2) is 8.67. The second-order valence-electron chi connectivity index (χ2n) is 6.89. The maximum atomic E-state index is 13.5. The Labute approximate surface area is 191 Å².